The molecule has 0 fully saturated rings. The van der Waals surface area contributed by atoms with Crippen molar-refractivity contribution < 1.29 is 4.79 Å². The lowest BCUT2D eigenvalue weighted by Gasteiger charge is -2.08. The molecule has 6 nitrogen and oxygen atoms in total. The molecule has 2 aromatic heterocycles. The maximum atomic E-state index is 12.0. The van der Waals surface area contributed by atoms with Gasteiger partial charge in [0.2, 0.25) is 0 Å². The summed E-state index contributed by atoms with van der Waals surface area (Å²) in [6.07, 6.45) is 2.51. The van der Waals surface area contributed by atoms with Gasteiger partial charge in [0.05, 0.1) is 17.4 Å². The van der Waals surface area contributed by atoms with E-state index in [-0.39, 0.29) is 26.7 Å². The Balaban J connectivity index is 2.34. The Morgan fingerprint density at radius 3 is 2.37 bits per heavy atom. The van der Waals surface area contributed by atoms with Crippen LogP contribution in [-0.4, -0.2) is 20.9 Å². The number of hydrogen-bond donors (Lipinski definition) is 2. The topological polar surface area (TPSA) is 93.8 Å². The Kier molecular flexibility index (Phi) is 4.04. The zero-order valence-electron chi connectivity index (χ0n) is 9.19. The highest BCUT2D eigenvalue weighted by Crippen LogP contribution is 2.27. The summed E-state index contributed by atoms with van der Waals surface area (Å²) in [4.78, 5) is 23.2. The molecule has 0 aromatic carbocycles. The third-order valence-corrected chi connectivity index (χ3v) is 2.97. The molecule has 98 valence electrons. The summed E-state index contributed by atoms with van der Waals surface area (Å²) in [5, 5.41) is 2.50. The Bertz CT molecular complexity index is 629. The molecule has 9 heteroatoms. The van der Waals surface area contributed by atoms with E-state index in [1.165, 1.54) is 18.6 Å². The third-order valence-electron chi connectivity index (χ3n) is 2.10. The number of pyridine rings is 1. The van der Waals surface area contributed by atoms with Gasteiger partial charge in [-0.05, 0) is 6.07 Å². The molecule has 0 spiro atoms. The van der Waals surface area contributed by atoms with Crippen LogP contribution in [0.15, 0.2) is 18.6 Å². The second-order valence-electron chi connectivity index (χ2n) is 3.39. The van der Waals surface area contributed by atoms with Crippen molar-refractivity contribution >= 4 is 52.1 Å². The molecule has 0 saturated carbocycles. The second-order valence-corrected chi connectivity index (χ2v) is 4.47. The third kappa shape index (κ3) is 3.04. The molecule has 0 radical (unpaired) electrons. The molecule has 2 aromatic rings. The van der Waals surface area contributed by atoms with Gasteiger partial charge in [-0.1, -0.05) is 34.8 Å². The molecule has 3 N–H and O–H groups in total. The van der Waals surface area contributed by atoms with Gasteiger partial charge in [-0.3, -0.25) is 4.79 Å². The molecule has 2 heterocycles. The number of nitrogens with zero attached hydrogens (tertiary/aromatic N) is 3. The van der Waals surface area contributed by atoms with Crippen LogP contribution in [0.2, 0.25) is 15.5 Å². The van der Waals surface area contributed by atoms with E-state index in [1.54, 1.807) is 0 Å². The summed E-state index contributed by atoms with van der Waals surface area (Å²) >= 11 is 17.4. The first-order chi connectivity index (χ1) is 8.99. The van der Waals surface area contributed by atoms with Crippen LogP contribution in [0, 0.1) is 0 Å². The van der Waals surface area contributed by atoms with Crippen molar-refractivity contribution in [3.8, 4) is 0 Å². The zero-order valence-corrected chi connectivity index (χ0v) is 11.5. The monoisotopic (exact) mass is 317 g/mol. The second kappa shape index (κ2) is 5.56. The van der Waals surface area contributed by atoms with Gasteiger partial charge in [0.15, 0.2) is 10.3 Å². The van der Waals surface area contributed by atoms with E-state index >= 15 is 0 Å². The van der Waals surface area contributed by atoms with Crippen LogP contribution in [0.25, 0.3) is 0 Å². The predicted octanol–water partition coefficient (Wildman–Crippen LogP) is 2.67. The minimum Gasteiger partial charge on any atom is -0.397 e. The number of carbonyl (C=O) groups is 1. The van der Waals surface area contributed by atoms with Crippen LogP contribution in [0.5, 0.6) is 0 Å². The van der Waals surface area contributed by atoms with Crippen molar-refractivity contribution in [1.82, 2.24) is 15.0 Å². The van der Waals surface area contributed by atoms with Gasteiger partial charge in [0.25, 0.3) is 5.91 Å². The van der Waals surface area contributed by atoms with Crippen LogP contribution in [-0.2, 0) is 0 Å². The zero-order chi connectivity index (χ0) is 14.0. The van der Waals surface area contributed by atoms with Gasteiger partial charge in [0.1, 0.15) is 17.2 Å². The summed E-state index contributed by atoms with van der Waals surface area (Å²) in [6.45, 7) is 0. The Morgan fingerprint density at radius 1 is 1.11 bits per heavy atom. The maximum absolute atomic E-state index is 12.0. The number of nitrogens with two attached hydrogens (primary N) is 1. The number of amides is 1. The first kappa shape index (κ1) is 13.8. The summed E-state index contributed by atoms with van der Waals surface area (Å²) in [5.41, 5.74) is 6.03. The molecular weight excluding hydrogens is 313 g/mol. The average molecular weight is 319 g/mol. The molecule has 0 saturated heterocycles. The highest BCUT2D eigenvalue weighted by Gasteiger charge is 2.16. The number of aromatic nitrogens is 3. The van der Waals surface area contributed by atoms with E-state index in [0.717, 1.165) is 0 Å². The Morgan fingerprint density at radius 2 is 1.74 bits per heavy atom. The van der Waals surface area contributed by atoms with Gasteiger partial charge in [-0.15, -0.1) is 0 Å². The van der Waals surface area contributed by atoms with Gasteiger partial charge in [-0.2, -0.15) is 0 Å². The van der Waals surface area contributed by atoms with E-state index in [1.807, 2.05) is 0 Å². The van der Waals surface area contributed by atoms with Crippen LogP contribution < -0.4 is 11.1 Å². The molecule has 0 aliphatic heterocycles. The lowest BCUT2D eigenvalue weighted by atomic mass is 10.2. The van der Waals surface area contributed by atoms with E-state index < -0.39 is 5.91 Å². The SMILES string of the molecule is Nc1cnc(Cl)c(C(=O)Nc2c(Cl)ncnc2Cl)c1. The average Bonchev–Trinajstić information content (AvgIpc) is 2.37. The fourth-order valence-electron chi connectivity index (χ4n) is 1.25. The van der Waals surface area contributed by atoms with Crippen LogP contribution in [0.1, 0.15) is 10.4 Å². The van der Waals surface area contributed by atoms with Gasteiger partial charge in [-0.25, -0.2) is 15.0 Å². The highest BCUT2D eigenvalue weighted by molar-refractivity contribution is 6.39. The van der Waals surface area contributed by atoms with Crippen LogP contribution in [0.3, 0.4) is 0 Å². The Labute approximate surface area is 122 Å². The van der Waals surface area contributed by atoms with Crippen molar-refractivity contribution in [3.05, 3.63) is 39.6 Å². The summed E-state index contributed by atoms with van der Waals surface area (Å²) in [7, 11) is 0. The van der Waals surface area contributed by atoms with Gasteiger partial charge < -0.3 is 11.1 Å². The quantitative estimate of drug-likeness (QED) is 0.656. The van der Waals surface area contributed by atoms with Crippen molar-refractivity contribution in [2.45, 2.75) is 0 Å². The normalized spacial score (nSPS) is 10.3. The summed E-state index contributed by atoms with van der Waals surface area (Å²) < 4.78 is 0. The molecular formula is C10H6Cl3N5O. The molecule has 1 amide bonds. The molecule has 0 unspecified atom stereocenters. The summed E-state index contributed by atoms with van der Waals surface area (Å²) in [6, 6.07) is 1.39. The van der Waals surface area contributed by atoms with Crippen molar-refractivity contribution in [3.63, 3.8) is 0 Å². The number of hydrogen-bond acceptors (Lipinski definition) is 5. The van der Waals surface area contributed by atoms with Crippen molar-refractivity contribution in [1.29, 1.82) is 0 Å². The fraction of sp³-hybridized carbons (Fsp3) is 0. The van der Waals surface area contributed by atoms with Crippen molar-refractivity contribution in [2.24, 2.45) is 0 Å². The number of nitrogens with one attached hydrogen (secondary N) is 1. The van der Waals surface area contributed by atoms with E-state index in [9.17, 15) is 4.79 Å². The first-order valence-corrected chi connectivity index (χ1v) is 6.01. The number of rotatable bonds is 2. The van der Waals surface area contributed by atoms with E-state index in [2.05, 4.69) is 20.3 Å². The molecule has 0 aliphatic carbocycles. The minimum atomic E-state index is -0.566. The van der Waals surface area contributed by atoms with E-state index in [0.29, 0.717) is 5.69 Å². The van der Waals surface area contributed by atoms with Gasteiger partial charge in [0, 0.05) is 0 Å². The minimum absolute atomic E-state index is 0.00999. The number of halogens is 3. The lowest BCUT2D eigenvalue weighted by Crippen LogP contribution is -2.14. The molecule has 0 atom stereocenters. The standard InChI is InChI=1S/C10H6Cl3N5O/c11-7-5(1-4(14)2-15-7)10(19)18-6-8(12)16-3-17-9(6)13/h1-3H,14H2,(H,18,19). The number of carbonyl (C=O) groups excluding carboxylic acids is 1. The molecule has 2 rings (SSSR count). The number of nitrogen functional groups attached to an aromatic ring is 1. The van der Waals surface area contributed by atoms with Crippen molar-refractivity contribution in [2.75, 3.05) is 11.1 Å². The largest absolute Gasteiger partial charge is 0.397 e. The Hall–Kier alpha value is -1.63. The number of anilines is 2. The molecule has 0 aliphatic rings. The van der Waals surface area contributed by atoms with Crippen LogP contribution in [0.4, 0.5) is 11.4 Å². The van der Waals surface area contributed by atoms with Gasteiger partial charge >= 0.3 is 0 Å². The molecule has 0 bridgehead atoms. The van der Waals surface area contributed by atoms with E-state index in [4.69, 9.17) is 40.5 Å². The predicted molar refractivity (Wildman–Crippen MR) is 73.7 cm³/mol. The first-order valence-electron chi connectivity index (χ1n) is 4.87. The fourth-order valence-corrected chi connectivity index (χ4v) is 1.85. The van der Waals surface area contributed by atoms with Crippen LogP contribution >= 0.6 is 34.8 Å². The summed E-state index contributed by atoms with van der Waals surface area (Å²) in [5.74, 6) is -0.566. The maximum Gasteiger partial charge on any atom is 0.259 e. The smallest absolute Gasteiger partial charge is 0.259 e. The lowest BCUT2D eigenvalue weighted by molar-refractivity contribution is 0.102. The molecule has 19 heavy (non-hydrogen) atoms. The highest BCUT2D eigenvalue weighted by atomic mass is 35.5.